The van der Waals surface area contributed by atoms with Crippen molar-refractivity contribution >= 4 is 11.6 Å². The highest BCUT2D eigenvalue weighted by atomic mass is 16.5. The van der Waals surface area contributed by atoms with Crippen LogP contribution >= 0.6 is 0 Å². The fourth-order valence-electron chi connectivity index (χ4n) is 3.15. The summed E-state index contributed by atoms with van der Waals surface area (Å²) in [7, 11) is 0. The Bertz CT molecular complexity index is 517. The number of anilines is 1. The number of carbonyl (C=O) groups excluding carboxylic acids is 1. The van der Waals surface area contributed by atoms with Crippen LogP contribution in [0.15, 0.2) is 18.2 Å². The molecule has 5 N–H and O–H groups in total. The summed E-state index contributed by atoms with van der Waals surface area (Å²) in [5.41, 5.74) is 13.8. The monoisotopic (exact) mass is 261 g/mol. The number of nitrogens with one attached hydrogen (secondary N) is 1. The van der Waals surface area contributed by atoms with Gasteiger partial charge in [-0.15, -0.1) is 0 Å². The third-order valence-corrected chi connectivity index (χ3v) is 4.27. The largest absolute Gasteiger partial charge is 0.378 e. The second kappa shape index (κ2) is 4.51. The molecule has 2 aliphatic rings. The normalized spacial score (nSPS) is 32.5. The summed E-state index contributed by atoms with van der Waals surface area (Å²) in [4.78, 5) is 11.2. The van der Waals surface area contributed by atoms with Crippen molar-refractivity contribution in [2.24, 2.45) is 17.4 Å². The Morgan fingerprint density at radius 3 is 2.95 bits per heavy atom. The van der Waals surface area contributed by atoms with Crippen molar-refractivity contribution in [3.8, 4) is 0 Å². The van der Waals surface area contributed by atoms with Crippen LogP contribution in [0.2, 0.25) is 0 Å². The number of fused-ring (bicyclic) bond motifs is 1. The molecule has 1 saturated heterocycles. The third kappa shape index (κ3) is 1.99. The first-order valence-corrected chi connectivity index (χ1v) is 6.62. The zero-order valence-corrected chi connectivity index (χ0v) is 10.9. The maximum Gasteiger partial charge on any atom is 0.248 e. The molecular formula is C14H19N3O2. The van der Waals surface area contributed by atoms with Gasteiger partial charge in [0, 0.05) is 29.8 Å². The SMILES string of the molecule is Cc1cc(NC2C(N)C3CCOC32)ccc1C(N)=O. The Balaban J connectivity index is 1.74. The van der Waals surface area contributed by atoms with E-state index in [2.05, 4.69) is 5.32 Å². The second-order valence-electron chi connectivity index (χ2n) is 5.43. The van der Waals surface area contributed by atoms with Gasteiger partial charge in [-0.2, -0.15) is 0 Å². The Hall–Kier alpha value is -1.59. The average Bonchev–Trinajstić information content (AvgIpc) is 2.80. The molecule has 1 saturated carbocycles. The van der Waals surface area contributed by atoms with Crippen LogP contribution in [0.1, 0.15) is 22.3 Å². The zero-order chi connectivity index (χ0) is 13.6. The molecule has 1 aliphatic heterocycles. The van der Waals surface area contributed by atoms with Crippen LogP contribution in [0.3, 0.4) is 0 Å². The van der Waals surface area contributed by atoms with Gasteiger partial charge in [0.2, 0.25) is 5.91 Å². The topological polar surface area (TPSA) is 90.4 Å². The maximum atomic E-state index is 11.2. The Morgan fingerprint density at radius 1 is 1.47 bits per heavy atom. The Kier molecular flexibility index (Phi) is 2.95. The van der Waals surface area contributed by atoms with Crippen LogP contribution in [0.25, 0.3) is 0 Å². The Morgan fingerprint density at radius 2 is 2.26 bits per heavy atom. The maximum absolute atomic E-state index is 11.2. The second-order valence-corrected chi connectivity index (χ2v) is 5.43. The van der Waals surface area contributed by atoms with Gasteiger partial charge in [0.25, 0.3) is 0 Å². The van der Waals surface area contributed by atoms with E-state index in [1.54, 1.807) is 6.07 Å². The number of carbonyl (C=O) groups is 1. The highest BCUT2D eigenvalue weighted by Crippen LogP contribution is 2.39. The highest BCUT2D eigenvalue weighted by molar-refractivity contribution is 5.94. The van der Waals surface area contributed by atoms with Crippen LogP contribution < -0.4 is 16.8 Å². The number of rotatable bonds is 3. The minimum absolute atomic E-state index is 0.142. The smallest absolute Gasteiger partial charge is 0.248 e. The van der Waals surface area contributed by atoms with Gasteiger partial charge in [-0.05, 0) is 37.1 Å². The van der Waals surface area contributed by atoms with Gasteiger partial charge in [0.05, 0.1) is 12.1 Å². The standard InChI is InChI=1S/C14H19N3O2/c1-7-6-8(2-3-9(7)14(16)18)17-12-11(15)10-4-5-19-13(10)12/h2-3,6,10-13,17H,4-5,15H2,1H3,(H2,16,18). The highest BCUT2D eigenvalue weighted by Gasteiger charge is 2.52. The van der Waals surface area contributed by atoms with Gasteiger partial charge in [-0.25, -0.2) is 0 Å². The van der Waals surface area contributed by atoms with Gasteiger partial charge in [0.1, 0.15) is 0 Å². The molecule has 2 fully saturated rings. The molecule has 1 aliphatic carbocycles. The molecular weight excluding hydrogens is 242 g/mol. The molecule has 19 heavy (non-hydrogen) atoms. The van der Waals surface area contributed by atoms with E-state index < -0.39 is 5.91 Å². The summed E-state index contributed by atoms with van der Waals surface area (Å²) < 4.78 is 5.68. The zero-order valence-electron chi connectivity index (χ0n) is 10.9. The van der Waals surface area contributed by atoms with E-state index in [0.717, 1.165) is 24.3 Å². The first-order valence-electron chi connectivity index (χ1n) is 6.62. The van der Waals surface area contributed by atoms with Crippen molar-refractivity contribution in [1.82, 2.24) is 0 Å². The Labute approximate surface area is 112 Å². The van der Waals surface area contributed by atoms with E-state index in [-0.39, 0.29) is 18.2 Å². The van der Waals surface area contributed by atoms with Crippen LogP contribution in [0.5, 0.6) is 0 Å². The van der Waals surface area contributed by atoms with Crippen LogP contribution in [0.4, 0.5) is 5.69 Å². The average molecular weight is 261 g/mol. The summed E-state index contributed by atoms with van der Waals surface area (Å²) in [5.74, 6) is 0.0899. The number of benzene rings is 1. The summed E-state index contributed by atoms with van der Waals surface area (Å²) in [5, 5.41) is 3.40. The first kappa shape index (κ1) is 12.4. The number of primary amides is 1. The molecule has 4 atom stereocenters. The molecule has 5 nitrogen and oxygen atoms in total. The number of hydrogen-bond acceptors (Lipinski definition) is 4. The minimum Gasteiger partial charge on any atom is -0.378 e. The van der Waals surface area contributed by atoms with Crippen molar-refractivity contribution in [2.45, 2.75) is 31.5 Å². The molecule has 5 heteroatoms. The van der Waals surface area contributed by atoms with Gasteiger partial charge in [-0.1, -0.05) is 0 Å². The van der Waals surface area contributed by atoms with E-state index >= 15 is 0 Å². The quantitative estimate of drug-likeness (QED) is 0.744. The molecule has 1 amide bonds. The van der Waals surface area contributed by atoms with Gasteiger partial charge >= 0.3 is 0 Å². The molecule has 0 bridgehead atoms. The number of amides is 1. The van der Waals surface area contributed by atoms with Gasteiger partial charge < -0.3 is 21.5 Å². The molecule has 4 unspecified atom stereocenters. The number of nitrogens with two attached hydrogens (primary N) is 2. The summed E-state index contributed by atoms with van der Waals surface area (Å²) in [6.45, 7) is 2.68. The minimum atomic E-state index is -0.399. The summed E-state index contributed by atoms with van der Waals surface area (Å²) >= 11 is 0. The molecule has 0 aromatic heterocycles. The van der Waals surface area contributed by atoms with Crippen LogP contribution in [0, 0.1) is 12.8 Å². The lowest BCUT2D eigenvalue weighted by Crippen LogP contribution is -2.65. The predicted molar refractivity (Wildman–Crippen MR) is 72.9 cm³/mol. The fourth-order valence-corrected chi connectivity index (χ4v) is 3.15. The van der Waals surface area contributed by atoms with Crippen molar-refractivity contribution in [2.75, 3.05) is 11.9 Å². The summed E-state index contributed by atoms with van der Waals surface area (Å²) in [6.07, 6.45) is 1.29. The van der Waals surface area contributed by atoms with E-state index in [0.29, 0.717) is 11.5 Å². The molecule has 3 rings (SSSR count). The lowest BCUT2D eigenvalue weighted by atomic mass is 9.72. The van der Waals surface area contributed by atoms with Crippen molar-refractivity contribution in [3.63, 3.8) is 0 Å². The molecule has 0 spiro atoms. The molecule has 102 valence electrons. The lowest BCUT2D eigenvalue weighted by molar-refractivity contribution is 0.00537. The predicted octanol–water partition coefficient (Wildman–Crippen LogP) is 0.620. The van der Waals surface area contributed by atoms with Crippen molar-refractivity contribution < 1.29 is 9.53 Å². The molecule has 0 radical (unpaired) electrons. The molecule has 1 aromatic carbocycles. The van der Waals surface area contributed by atoms with E-state index in [9.17, 15) is 4.79 Å². The number of aryl methyl sites for hydroxylation is 1. The molecule has 1 aromatic rings. The van der Waals surface area contributed by atoms with Crippen molar-refractivity contribution in [1.29, 1.82) is 0 Å². The fraction of sp³-hybridized carbons (Fsp3) is 0.500. The lowest BCUT2D eigenvalue weighted by Gasteiger charge is -2.46. The number of ether oxygens (including phenoxy) is 1. The van der Waals surface area contributed by atoms with Gasteiger partial charge in [0.15, 0.2) is 0 Å². The number of hydrogen-bond donors (Lipinski definition) is 3. The van der Waals surface area contributed by atoms with Crippen LogP contribution in [-0.4, -0.2) is 30.7 Å². The van der Waals surface area contributed by atoms with Crippen LogP contribution in [-0.2, 0) is 4.74 Å². The van der Waals surface area contributed by atoms with E-state index in [4.69, 9.17) is 16.2 Å². The van der Waals surface area contributed by atoms with E-state index in [1.807, 2.05) is 19.1 Å². The first-order chi connectivity index (χ1) is 9.08. The summed E-state index contributed by atoms with van der Waals surface area (Å²) in [6, 6.07) is 5.84. The van der Waals surface area contributed by atoms with Gasteiger partial charge in [-0.3, -0.25) is 4.79 Å². The molecule has 1 heterocycles. The third-order valence-electron chi connectivity index (χ3n) is 4.27. The van der Waals surface area contributed by atoms with Crippen molar-refractivity contribution in [3.05, 3.63) is 29.3 Å². The van der Waals surface area contributed by atoms with E-state index in [1.165, 1.54) is 0 Å².